The van der Waals surface area contributed by atoms with E-state index in [0.717, 1.165) is 49.7 Å². The maximum Gasteiger partial charge on any atom is 0.248 e. The SMILES string of the molecule is C[C@]12CC(c3ccc(-c4ccc(C(N)=O)cc4)cc3)C3=C4CCC(=O)C=C4CCC3C1CCC2O. The molecule has 180 valence electrons. The molecule has 0 heterocycles. The van der Waals surface area contributed by atoms with Crippen molar-refractivity contribution in [2.45, 2.75) is 63.9 Å². The largest absolute Gasteiger partial charge is 0.393 e. The molecule has 4 aliphatic carbocycles. The van der Waals surface area contributed by atoms with Gasteiger partial charge in [0, 0.05) is 17.9 Å². The van der Waals surface area contributed by atoms with Crippen molar-refractivity contribution in [2.75, 3.05) is 0 Å². The molecule has 2 aromatic rings. The Balaban J connectivity index is 1.40. The number of hydrogen-bond acceptors (Lipinski definition) is 3. The van der Waals surface area contributed by atoms with Crippen LogP contribution in [0.4, 0.5) is 0 Å². The average molecular weight is 468 g/mol. The van der Waals surface area contributed by atoms with Crippen LogP contribution >= 0.6 is 0 Å². The van der Waals surface area contributed by atoms with Gasteiger partial charge in [0.15, 0.2) is 5.78 Å². The predicted octanol–water partition coefficient (Wildman–Crippen LogP) is 5.71. The van der Waals surface area contributed by atoms with Gasteiger partial charge in [-0.05, 0) is 102 Å². The first-order valence-electron chi connectivity index (χ1n) is 13.0. The van der Waals surface area contributed by atoms with Crippen molar-refractivity contribution in [3.8, 4) is 11.1 Å². The van der Waals surface area contributed by atoms with Gasteiger partial charge < -0.3 is 10.8 Å². The van der Waals surface area contributed by atoms with Gasteiger partial charge >= 0.3 is 0 Å². The summed E-state index contributed by atoms with van der Waals surface area (Å²) in [5.41, 5.74) is 13.6. The van der Waals surface area contributed by atoms with Crippen LogP contribution < -0.4 is 5.73 Å². The summed E-state index contributed by atoms with van der Waals surface area (Å²) in [5, 5.41) is 11.1. The van der Waals surface area contributed by atoms with E-state index >= 15 is 0 Å². The molecular weight excluding hydrogens is 434 g/mol. The number of primary amides is 1. The van der Waals surface area contributed by atoms with Crippen LogP contribution in [0.2, 0.25) is 0 Å². The van der Waals surface area contributed by atoms with Crippen LogP contribution in [-0.2, 0) is 4.79 Å². The predicted molar refractivity (Wildman–Crippen MR) is 137 cm³/mol. The number of nitrogens with two attached hydrogens (primary N) is 1. The van der Waals surface area contributed by atoms with Crippen LogP contribution in [0.1, 0.15) is 73.7 Å². The molecule has 0 spiro atoms. The normalized spacial score (nSPS) is 31.9. The second kappa shape index (κ2) is 8.30. The highest BCUT2D eigenvalue weighted by atomic mass is 16.3. The molecule has 4 aliphatic rings. The molecule has 0 bridgehead atoms. The summed E-state index contributed by atoms with van der Waals surface area (Å²) in [7, 11) is 0. The summed E-state index contributed by atoms with van der Waals surface area (Å²) in [6, 6.07) is 16.2. The van der Waals surface area contributed by atoms with Crippen molar-refractivity contribution < 1.29 is 14.7 Å². The Hall–Kier alpha value is -2.98. The van der Waals surface area contributed by atoms with E-state index in [1.165, 1.54) is 16.7 Å². The van der Waals surface area contributed by atoms with Crippen molar-refractivity contribution in [3.05, 3.63) is 82.5 Å². The molecule has 0 saturated heterocycles. The quantitative estimate of drug-likeness (QED) is 0.606. The van der Waals surface area contributed by atoms with E-state index in [-0.39, 0.29) is 23.2 Å². The highest BCUT2D eigenvalue weighted by Crippen LogP contribution is 2.63. The lowest BCUT2D eigenvalue weighted by atomic mass is 9.53. The summed E-state index contributed by atoms with van der Waals surface area (Å²) in [5.74, 6) is 1.14. The first-order chi connectivity index (χ1) is 16.8. The smallest absolute Gasteiger partial charge is 0.248 e. The summed E-state index contributed by atoms with van der Waals surface area (Å²) in [6.45, 7) is 2.31. The van der Waals surface area contributed by atoms with Gasteiger partial charge in [0.2, 0.25) is 5.91 Å². The molecule has 2 aromatic carbocycles. The van der Waals surface area contributed by atoms with Gasteiger partial charge in [-0.25, -0.2) is 0 Å². The van der Waals surface area contributed by atoms with Crippen molar-refractivity contribution in [1.29, 1.82) is 0 Å². The number of carbonyl (C=O) groups is 2. The van der Waals surface area contributed by atoms with E-state index in [1.54, 1.807) is 17.7 Å². The Kier molecular flexibility index (Phi) is 5.33. The van der Waals surface area contributed by atoms with Gasteiger partial charge in [-0.2, -0.15) is 0 Å². The number of rotatable bonds is 3. The van der Waals surface area contributed by atoms with Gasteiger partial charge in [0.25, 0.3) is 0 Å². The van der Waals surface area contributed by atoms with Gasteiger partial charge in [-0.15, -0.1) is 0 Å². The molecule has 1 amide bonds. The third-order valence-corrected chi connectivity index (χ3v) is 9.50. The van der Waals surface area contributed by atoms with Crippen LogP contribution in [0.15, 0.2) is 71.3 Å². The monoisotopic (exact) mass is 467 g/mol. The number of aliphatic hydroxyl groups excluding tert-OH is 1. The van der Waals surface area contributed by atoms with Crippen LogP contribution in [0.25, 0.3) is 11.1 Å². The Morgan fingerprint density at radius 3 is 2.31 bits per heavy atom. The number of ketones is 1. The fourth-order valence-electron chi connectivity index (χ4n) is 7.67. The van der Waals surface area contributed by atoms with Crippen LogP contribution in [0, 0.1) is 17.3 Å². The van der Waals surface area contributed by atoms with E-state index in [0.29, 0.717) is 23.8 Å². The van der Waals surface area contributed by atoms with Gasteiger partial charge in [-0.1, -0.05) is 48.9 Å². The highest BCUT2D eigenvalue weighted by molar-refractivity contribution is 5.93. The average Bonchev–Trinajstić information content (AvgIpc) is 3.17. The number of aliphatic hydroxyl groups is 1. The Morgan fingerprint density at radius 1 is 0.943 bits per heavy atom. The van der Waals surface area contributed by atoms with Crippen molar-refractivity contribution >= 4 is 11.7 Å². The lowest BCUT2D eigenvalue weighted by Gasteiger charge is -2.52. The second-order valence-electron chi connectivity index (χ2n) is 11.2. The zero-order chi connectivity index (χ0) is 24.3. The molecule has 0 aromatic heterocycles. The molecule has 4 heteroatoms. The Labute approximate surface area is 206 Å². The van der Waals surface area contributed by atoms with E-state index in [4.69, 9.17) is 5.73 Å². The topological polar surface area (TPSA) is 80.4 Å². The summed E-state index contributed by atoms with van der Waals surface area (Å²) >= 11 is 0. The third-order valence-electron chi connectivity index (χ3n) is 9.50. The molecule has 5 atom stereocenters. The standard InChI is InChI=1S/C31H33NO3/c1-31-17-26(20-6-2-18(3-7-20)19-4-8-21(9-5-19)30(32)35)29-24-13-11-23(33)16-22(24)10-12-25(29)27(31)14-15-28(31)34/h2-9,16,25-28,34H,10-15,17H2,1H3,(H2,32,35)/t25?,26?,27?,28?,31-/m0/s1. The minimum absolute atomic E-state index is 0.0612. The lowest BCUT2D eigenvalue weighted by molar-refractivity contribution is -0.114. The molecule has 0 radical (unpaired) electrons. The van der Waals surface area contributed by atoms with Crippen LogP contribution in [0.5, 0.6) is 0 Å². The number of carbonyl (C=O) groups excluding carboxylic acids is 2. The molecule has 0 aliphatic heterocycles. The molecule has 4 nitrogen and oxygen atoms in total. The number of allylic oxidation sites excluding steroid dienone is 4. The fourth-order valence-corrected chi connectivity index (χ4v) is 7.67. The van der Waals surface area contributed by atoms with E-state index in [9.17, 15) is 14.7 Å². The van der Waals surface area contributed by atoms with E-state index in [1.807, 2.05) is 18.2 Å². The number of benzene rings is 2. The molecule has 35 heavy (non-hydrogen) atoms. The van der Waals surface area contributed by atoms with Crippen molar-refractivity contribution in [3.63, 3.8) is 0 Å². The Morgan fingerprint density at radius 2 is 1.63 bits per heavy atom. The van der Waals surface area contributed by atoms with Crippen molar-refractivity contribution in [1.82, 2.24) is 0 Å². The molecule has 2 fully saturated rings. The minimum Gasteiger partial charge on any atom is -0.393 e. The number of hydrogen-bond donors (Lipinski definition) is 2. The zero-order valence-corrected chi connectivity index (χ0v) is 20.3. The molecule has 6 rings (SSSR count). The van der Waals surface area contributed by atoms with E-state index < -0.39 is 5.91 Å². The van der Waals surface area contributed by atoms with Crippen LogP contribution in [0.3, 0.4) is 0 Å². The molecular formula is C31H33NO3. The van der Waals surface area contributed by atoms with Gasteiger partial charge in [-0.3, -0.25) is 9.59 Å². The Bertz CT molecular complexity index is 1250. The van der Waals surface area contributed by atoms with Crippen molar-refractivity contribution in [2.24, 2.45) is 23.0 Å². The summed E-state index contributed by atoms with van der Waals surface area (Å²) < 4.78 is 0. The molecule has 3 N–H and O–H groups in total. The highest BCUT2D eigenvalue weighted by Gasteiger charge is 2.56. The zero-order valence-electron chi connectivity index (χ0n) is 20.3. The second-order valence-corrected chi connectivity index (χ2v) is 11.2. The molecule has 2 saturated carbocycles. The first kappa shape index (κ1) is 22.5. The third kappa shape index (κ3) is 3.61. The first-order valence-corrected chi connectivity index (χ1v) is 13.0. The maximum atomic E-state index is 12.2. The van der Waals surface area contributed by atoms with E-state index in [2.05, 4.69) is 31.2 Å². The lowest BCUT2D eigenvalue weighted by Crippen LogP contribution is -2.45. The number of fused-ring (bicyclic) bond motifs is 4. The number of amides is 1. The van der Waals surface area contributed by atoms with Gasteiger partial charge in [0.1, 0.15) is 0 Å². The van der Waals surface area contributed by atoms with Crippen LogP contribution in [-0.4, -0.2) is 22.9 Å². The molecule has 4 unspecified atom stereocenters. The summed E-state index contributed by atoms with van der Waals surface area (Å²) in [4.78, 5) is 23.6. The fraction of sp³-hybridized carbons (Fsp3) is 0.419. The minimum atomic E-state index is -0.417. The van der Waals surface area contributed by atoms with Gasteiger partial charge in [0.05, 0.1) is 6.10 Å². The maximum absolute atomic E-state index is 12.2. The summed E-state index contributed by atoms with van der Waals surface area (Å²) in [6.07, 6.45) is 8.19.